The second-order valence-corrected chi connectivity index (χ2v) is 5.82. The first kappa shape index (κ1) is 10.6. The number of hydrogen-bond donors (Lipinski definition) is 0. The lowest BCUT2D eigenvalue weighted by Crippen LogP contribution is -2.35. The summed E-state index contributed by atoms with van der Waals surface area (Å²) in [7, 11) is 0. The number of rotatable bonds is 1. The van der Waals surface area contributed by atoms with Gasteiger partial charge in [-0.3, -0.25) is 4.79 Å². The highest BCUT2D eigenvalue weighted by Gasteiger charge is 2.44. The second kappa shape index (κ2) is 3.84. The molecule has 2 aliphatic heterocycles. The predicted molar refractivity (Wildman–Crippen MR) is 65.4 cm³/mol. The van der Waals surface area contributed by atoms with Gasteiger partial charge in [-0.05, 0) is 51.4 Å². The molecule has 1 aromatic rings. The van der Waals surface area contributed by atoms with Crippen molar-refractivity contribution in [1.29, 1.82) is 0 Å². The van der Waals surface area contributed by atoms with E-state index in [1.165, 1.54) is 32.1 Å². The van der Waals surface area contributed by atoms with Gasteiger partial charge in [0.1, 0.15) is 0 Å². The van der Waals surface area contributed by atoms with Gasteiger partial charge in [0.05, 0.1) is 5.69 Å². The average Bonchev–Trinajstić information content (AvgIpc) is 3.11. The number of fused-ring (bicyclic) bond motifs is 3. The standard InChI is InChI=1S/C14H18N2O2/c17-14(16-9-5-6-10(16)8-7-9)13-11-3-1-2-4-12(11)15-18-13/h9-10H,1-8H2. The van der Waals surface area contributed by atoms with Gasteiger partial charge in [-0.2, -0.15) is 0 Å². The van der Waals surface area contributed by atoms with Crippen molar-refractivity contribution < 1.29 is 9.32 Å². The molecule has 0 radical (unpaired) electrons. The number of aryl methyl sites for hydroxylation is 1. The Hall–Kier alpha value is -1.32. The normalized spacial score (nSPS) is 29.7. The molecular formula is C14H18N2O2. The van der Waals surface area contributed by atoms with Crippen molar-refractivity contribution in [2.45, 2.75) is 63.5 Å². The van der Waals surface area contributed by atoms with Crippen molar-refractivity contribution in [2.24, 2.45) is 0 Å². The molecule has 1 amide bonds. The minimum absolute atomic E-state index is 0.107. The quantitative estimate of drug-likeness (QED) is 0.764. The summed E-state index contributed by atoms with van der Waals surface area (Å²) in [5, 5.41) is 4.10. The Balaban J connectivity index is 1.67. The Morgan fingerprint density at radius 3 is 2.50 bits per heavy atom. The third-order valence-electron chi connectivity index (χ3n) is 4.84. The van der Waals surface area contributed by atoms with Crippen LogP contribution in [-0.2, 0) is 12.8 Å². The van der Waals surface area contributed by atoms with Gasteiger partial charge in [-0.1, -0.05) is 5.16 Å². The number of hydrogen-bond acceptors (Lipinski definition) is 3. The summed E-state index contributed by atoms with van der Waals surface area (Å²) in [5.74, 6) is 0.652. The van der Waals surface area contributed by atoms with Crippen LogP contribution < -0.4 is 0 Å². The molecule has 1 aromatic heterocycles. The maximum atomic E-state index is 12.6. The van der Waals surface area contributed by atoms with Crippen LogP contribution in [0.4, 0.5) is 0 Å². The first-order chi connectivity index (χ1) is 8.84. The molecule has 0 aromatic carbocycles. The van der Waals surface area contributed by atoms with E-state index in [-0.39, 0.29) is 5.91 Å². The summed E-state index contributed by atoms with van der Waals surface area (Å²) in [6.07, 6.45) is 8.95. The van der Waals surface area contributed by atoms with Crippen molar-refractivity contribution in [3.05, 3.63) is 17.0 Å². The Bertz CT molecular complexity index is 474. The zero-order valence-electron chi connectivity index (χ0n) is 10.5. The summed E-state index contributed by atoms with van der Waals surface area (Å²) < 4.78 is 5.38. The zero-order chi connectivity index (χ0) is 12.1. The molecular weight excluding hydrogens is 228 g/mol. The van der Waals surface area contributed by atoms with Crippen LogP contribution >= 0.6 is 0 Å². The highest BCUT2D eigenvalue weighted by atomic mass is 16.5. The van der Waals surface area contributed by atoms with Crippen LogP contribution in [0.5, 0.6) is 0 Å². The molecule has 0 spiro atoms. The molecule has 3 aliphatic rings. The first-order valence-corrected chi connectivity index (χ1v) is 7.14. The topological polar surface area (TPSA) is 46.3 Å². The summed E-state index contributed by atoms with van der Waals surface area (Å²) >= 11 is 0. The van der Waals surface area contributed by atoms with Crippen molar-refractivity contribution in [2.75, 3.05) is 0 Å². The van der Waals surface area contributed by atoms with Crippen LogP contribution in [0, 0.1) is 0 Å². The van der Waals surface area contributed by atoms with E-state index in [0.29, 0.717) is 17.8 Å². The largest absolute Gasteiger partial charge is 0.350 e. The van der Waals surface area contributed by atoms with E-state index in [2.05, 4.69) is 10.1 Å². The van der Waals surface area contributed by atoms with Gasteiger partial charge in [0, 0.05) is 17.6 Å². The monoisotopic (exact) mass is 246 g/mol. The van der Waals surface area contributed by atoms with Crippen molar-refractivity contribution in [3.63, 3.8) is 0 Å². The Labute approximate surface area is 106 Å². The van der Waals surface area contributed by atoms with Crippen LogP contribution in [0.25, 0.3) is 0 Å². The molecule has 0 N–H and O–H groups in total. The highest BCUT2D eigenvalue weighted by molar-refractivity contribution is 5.94. The van der Waals surface area contributed by atoms with Gasteiger partial charge in [0.2, 0.25) is 5.76 Å². The van der Waals surface area contributed by atoms with E-state index in [9.17, 15) is 4.79 Å². The minimum atomic E-state index is 0.107. The van der Waals surface area contributed by atoms with E-state index < -0.39 is 0 Å². The van der Waals surface area contributed by atoms with Gasteiger partial charge in [-0.25, -0.2) is 0 Å². The lowest BCUT2D eigenvalue weighted by molar-refractivity contribution is 0.0686. The molecule has 4 rings (SSSR count). The predicted octanol–water partition coefficient (Wildman–Crippen LogP) is 2.32. The summed E-state index contributed by atoms with van der Waals surface area (Å²) in [4.78, 5) is 14.7. The van der Waals surface area contributed by atoms with Crippen LogP contribution in [0.1, 0.15) is 60.3 Å². The van der Waals surface area contributed by atoms with Crippen LogP contribution in [0.3, 0.4) is 0 Å². The smallest absolute Gasteiger partial charge is 0.293 e. The first-order valence-electron chi connectivity index (χ1n) is 7.14. The van der Waals surface area contributed by atoms with Crippen molar-refractivity contribution >= 4 is 5.91 Å². The van der Waals surface area contributed by atoms with Crippen LogP contribution in [-0.4, -0.2) is 28.0 Å². The number of nitrogens with zero attached hydrogens (tertiary/aromatic N) is 2. The van der Waals surface area contributed by atoms with E-state index in [1.54, 1.807) is 0 Å². The SMILES string of the molecule is O=C(c1onc2c1CCCC2)N1C2CCC1CC2. The Morgan fingerprint density at radius 1 is 1.11 bits per heavy atom. The van der Waals surface area contributed by atoms with Gasteiger partial charge in [-0.15, -0.1) is 0 Å². The maximum Gasteiger partial charge on any atom is 0.293 e. The summed E-state index contributed by atoms with van der Waals surface area (Å²) in [6, 6.07) is 0.929. The number of amides is 1. The summed E-state index contributed by atoms with van der Waals surface area (Å²) in [5.41, 5.74) is 2.12. The molecule has 2 saturated heterocycles. The molecule has 0 saturated carbocycles. The number of carbonyl (C=O) groups is 1. The second-order valence-electron chi connectivity index (χ2n) is 5.82. The third-order valence-corrected chi connectivity index (χ3v) is 4.84. The fourth-order valence-electron chi connectivity index (χ4n) is 3.92. The van der Waals surface area contributed by atoms with E-state index in [4.69, 9.17) is 4.52 Å². The van der Waals surface area contributed by atoms with E-state index in [1.807, 2.05) is 0 Å². The summed E-state index contributed by atoms with van der Waals surface area (Å²) in [6.45, 7) is 0. The van der Waals surface area contributed by atoms with Crippen LogP contribution in [0.15, 0.2) is 4.52 Å². The molecule has 18 heavy (non-hydrogen) atoms. The average molecular weight is 246 g/mol. The lowest BCUT2D eigenvalue weighted by Gasteiger charge is -2.21. The molecule has 1 aliphatic carbocycles. The Kier molecular flexibility index (Phi) is 2.26. The fourth-order valence-corrected chi connectivity index (χ4v) is 3.92. The van der Waals surface area contributed by atoms with Gasteiger partial charge < -0.3 is 9.42 Å². The molecule has 0 unspecified atom stereocenters. The van der Waals surface area contributed by atoms with Gasteiger partial charge in [0.15, 0.2) is 0 Å². The number of carbonyl (C=O) groups excluding carboxylic acids is 1. The molecule has 2 fully saturated rings. The van der Waals surface area contributed by atoms with Gasteiger partial charge in [0.25, 0.3) is 5.91 Å². The molecule has 4 nitrogen and oxygen atoms in total. The van der Waals surface area contributed by atoms with Crippen LogP contribution in [0.2, 0.25) is 0 Å². The van der Waals surface area contributed by atoms with E-state index in [0.717, 1.165) is 30.5 Å². The third kappa shape index (κ3) is 1.38. The highest BCUT2D eigenvalue weighted by Crippen LogP contribution is 2.39. The molecule has 96 valence electrons. The number of aromatic nitrogens is 1. The Morgan fingerprint density at radius 2 is 1.78 bits per heavy atom. The molecule has 0 atom stereocenters. The van der Waals surface area contributed by atoms with E-state index >= 15 is 0 Å². The minimum Gasteiger partial charge on any atom is -0.350 e. The maximum absolute atomic E-state index is 12.6. The van der Waals surface area contributed by atoms with Gasteiger partial charge >= 0.3 is 0 Å². The lowest BCUT2D eigenvalue weighted by atomic mass is 9.96. The molecule has 2 bridgehead atoms. The van der Waals surface area contributed by atoms with Crippen molar-refractivity contribution in [3.8, 4) is 0 Å². The molecule has 4 heteroatoms. The fraction of sp³-hybridized carbons (Fsp3) is 0.714. The van der Waals surface area contributed by atoms with Crippen molar-refractivity contribution in [1.82, 2.24) is 10.1 Å². The zero-order valence-corrected chi connectivity index (χ0v) is 10.5. The molecule has 3 heterocycles.